The number of carboxylic acid groups (broad SMARTS) is 1. The highest BCUT2D eigenvalue weighted by molar-refractivity contribution is 5.86. The van der Waals surface area contributed by atoms with Gasteiger partial charge in [0.25, 0.3) is 0 Å². The van der Waals surface area contributed by atoms with Gasteiger partial charge in [-0.25, -0.2) is 4.79 Å². The van der Waals surface area contributed by atoms with Gasteiger partial charge in [-0.05, 0) is 50.1 Å². The van der Waals surface area contributed by atoms with E-state index in [0.717, 1.165) is 11.9 Å². The van der Waals surface area contributed by atoms with Crippen LogP contribution < -0.4 is 11.5 Å². The van der Waals surface area contributed by atoms with E-state index in [2.05, 4.69) is 10.7 Å². The van der Waals surface area contributed by atoms with Crippen molar-refractivity contribution in [2.45, 2.75) is 25.8 Å². The van der Waals surface area contributed by atoms with Gasteiger partial charge in [-0.3, -0.25) is 10.4 Å². The fraction of sp³-hybridized carbons (Fsp3) is 0.357. The van der Waals surface area contributed by atoms with Crippen LogP contribution in [-0.2, 0) is 4.79 Å². The van der Waals surface area contributed by atoms with Gasteiger partial charge < -0.3 is 21.0 Å². The third-order valence-corrected chi connectivity index (χ3v) is 2.34. The van der Waals surface area contributed by atoms with Crippen LogP contribution in [0.25, 0.3) is 6.08 Å². The number of nitrogens with two attached hydrogens (primary N) is 2. The number of hydrogen-bond acceptors (Lipinski definition) is 5. The Balaban J connectivity index is 0.00000122. The molecule has 7 nitrogen and oxygen atoms in total. The molecule has 0 saturated heterocycles. The largest absolute Gasteiger partial charge is 0.480 e. The Morgan fingerprint density at radius 1 is 1.62 bits per heavy atom. The van der Waals surface area contributed by atoms with Gasteiger partial charge in [-0.2, -0.15) is 0 Å². The fourth-order valence-corrected chi connectivity index (χ4v) is 1.42. The van der Waals surface area contributed by atoms with Gasteiger partial charge in [0.15, 0.2) is 0 Å². The minimum Gasteiger partial charge on any atom is -0.480 e. The van der Waals surface area contributed by atoms with E-state index in [0.29, 0.717) is 25.1 Å². The van der Waals surface area contributed by atoms with E-state index < -0.39 is 12.0 Å². The number of carbonyl (C=O) groups is 1. The minimum absolute atomic E-state index is 0.455. The molecule has 0 aliphatic heterocycles. The van der Waals surface area contributed by atoms with Gasteiger partial charge in [0.1, 0.15) is 11.8 Å². The molecule has 0 aromatic carbocycles. The molecule has 0 radical (unpaired) electrons. The summed E-state index contributed by atoms with van der Waals surface area (Å²) in [6.07, 6.45) is 6.78. The molecule has 0 aliphatic rings. The van der Waals surface area contributed by atoms with E-state index in [-0.39, 0.29) is 0 Å². The molecular weight excluding hydrogens is 272 g/mol. The molecule has 1 unspecified atom stereocenters. The van der Waals surface area contributed by atoms with Gasteiger partial charge in [0.2, 0.25) is 0 Å². The number of allylic oxidation sites excluding steroid dienone is 1. The lowest BCUT2D eigenvalue weighted by molar-refractivity contribution is -0.138. The van der Waals surface area contributed by atoms with Gasteiger partial charge in [-0.1, -0.05) is 0 Å². The van der Waals surface area contributed by atoms with Crippen molar-refractivity contribution in [3.8, 4) is 0 Å². The molecule has 1 atom stereocenters. The number of furan rings is 1. The smallest absolute Gasteiger partial charge is 0.328 e. The summed E-state index contributed by atoms with van der Waals surface area (Å²) >= 11 is 0. The van der Waals surface area contributed by atoms with E-state index in [4.69, 9.17) is 20.7 Å². The quantitative estimate of drug-likeness (QED) is 0.446. The van der Waals surface area contributed by atoms with E-state index in [1.165, 1.54) is 0 Å². The van der Waals surface area contributed by atoms with E-state index in [1.807, 2.05) is 13.0 Å². The molecular formula is C14H22N4O3. The molecule has 0 bridgehead atoms. The van der Waals surface area contributed by atoms with Crippen molar-refractivity contribution in [1.29, 1.82) is 5.41 Å². The van der Waals surface area contributed by atoms with Crippen LogP contribution in [0.4, 0.5) is 0 Å². The highest BCUT2D eigenvalue weighted by atomic mass is 16.4. The predicted molar refractivity (Wildman–Crippen MR) is 83.5 cm³/mol. The monoisotopic (exact) mass is 294 g/mol. The molecule has 1 aromatic heterocycles. The van der Waals surface area contributed by atoms with Crippen molar-refractivity contribution in [3.05, 3.63) is 29.7 Å². The summed E-state index contributed by atoms with van der Waals surface area (Å²) in [7, 11) is 0. The molecule has 0 fully saturated rings. The molecule has 1 aromatic rings. The summed E-state index contributed by atoms with van der Waals surface area (Å²) in [6, 6.07) is 2.88. The van der Waals surface area contributed by atoms with Crippen LogP contribution in [0.1, 0.15) is 25.5 Å². The van der Waals surface area contributed by atoms with Crippen molar-refractivity contribution >= 4 is 24.6 Å². The summed E-state index contributed by atoms with van der Waals surface area (Å²) in [6.45, 7) is 2.31. The standard InChI is InChI=1S/C13H18N2O3.CH4N2/c1-10(8-11-4-3-7-18-11)9-15-12(13(16)17)5-2-6-14;2-1-3/h3-4,7-9,12H,2,5-6,14H2,1H3,(H,16,17);1H,(H3,2,3)/b10-8+,15-9?;. The molecule has 0 spiro atoms. The maximum Gasteiger partial charge on any atom is 0.328 e. The fourth-order valence-electron chi connectivity index (χ4n) is 1.42. The molecule has 1 rings (SSSR count). The molecule has 21 heavy (non-hydrogen) atoms. The Morgan fingerprint density at radius 3 is 2.76 bits per heavy atom. The minimum atomic E-state index is -0.925. The lowest BCUT2D eigenvalue weighted by Crippen LogP contribution is -2.19. The Bertz CT molecular complexity index is 467. The summed E-state index contributed by atoms with van der Waals surface area (Å²) in [5.41, 5.74) is 10.6. The molecule has 0 amide bonds. The summed E-state index contributed by atoms with van der Waals surface area (Å²) in [5.74, 6) is -0.210. The average molecular weight is 294 g/mol. The topological polar surface area (TPSA) is 139 Å². The van der Waals surface area contributed by atoms with Crippen LogP contribution in [0.5, 0.6) is 0 Å². The Labute approximate surface area is 123 Å². The highest BCUT2D eigenvalue weighted by Gasteiger charge is 2.13. The third-order valence-electron chi connectivity index (χ3n) is 2.34. The van der Waals surface area contributed by atoms with Crippen molar-refractivity contribution < 1.29 is 14.3 Å². The van der Waals surface area contributed by atoms with Crippen molar-refractivity contribution in [3.63, 3.8) is 0 Å². The third kappa shape index (κ3) is 9.17. The number of hydrogen-bond donors (Lipinski definition) is 4. The van der Waals surface area contributed by atoms with Crippen LogP contribution in [0.15, 0.2) is 33.4 Å². The number of aliphatic imine (C=N–C) groups is 1. The maximum absolute atomic E-state index is 10.9. The maximum atomic E-state index is 10.9. The number of nitrogens with one attached hydrogen (secondary N) is 1. The first kappa shape index (κ1) is 18.6. The van der Waals surface area contributed by atoms with Gasteiger partial charge >= 0.3 is 5.97 Å². The lowest BCUT2D eigenvalue weighted by Gasteiger charge is -2.05. The van der Waals surface area contributed by atoms with Crippen molar-refractivity contribution in [2.75, 3.05) is 6.54 Å². The van der Waals surface area contributed by atoms with E-state index in [1.54, 1.807) is 24.6 Å². The van der Waals surface area contributed by atoms with Crippen LogP contribution in [0.3, 0.4) is 0 Å². The second-order valence-electron chi connectivity index (χ2n) is 4.13. The zero-order chi connectivity index (χ0) is 16.1. The van der Waals surface area contributed by atoms with Gasteiger partial charge in [-0.15, -0.1) is 0 Å². The molecule has 7 heteroatoms. The van der Waals surface area contributed by atoms with E-state index in [9.17, 15) is 4.79 Å². The average Bonchev–Trinajstić information content (AvgIpc) is 2.92. The van der Waals surface area contributed by atoms with Crippen LogP contribution in [0.2, 0.25) is 0 Å². The first-order valence-electron chi connectivity index (χ1n) is 6.43. The SMILES string of the molecule is C/C(C=NC(CCCN)C(=O)O)=C\c1ccco1.N=CN. The van der Waals surface area contributed by atoms with Crippen molar-refractivity contribution in [2.24, 2.45) is 16.5 Å². The Hall–Kier alpha value is -2.41. The number of nitrogens with zero attached hydrogens (tertiary/aromatic N) is 1. The van der Waals surface area contributed by atoms with E-state index >= 15 is 0 Å². The normalized spacial score (nSPS) is 12.6. The first-order valence-corrected chi connectivity index (χ1v) is 6.43. The van der Waals surface area contributed by atoms with Crippen molar-refractivity contribution in [1.82, 2.24) is 0 Å². The second-order valence-corrected chi connectivity index (χ2v) is 4.13. The molecule has 1 heterocycles. The summed E-state index contributed by atoms with van der Waals surface area (Å²) in [4.78, 5) is 15.0. The molecule has 0 aliphatic carbocycles. The summed E-state index contributed by atoms with van der Waals surface area (Å²) < 4.78 is 5.15. The van der Waals surface area contributed by atoms with Gasteiger partial charge in [0, 0.05) is 6.21 Å². The highest BCUT2D eigenvalue weighted by Crippen LogP contribution is 2.07. The van der Waals surface area contributed by atoms with Crippen LogP contribution in [0, 0.1) is 5.41 Å². The van der Waals surface area contributed by atoms with Crippen LogP contribution in [-0.4, -0.2) is 36.2 Å². The molecule has 116 valence electrons. The zero-order valence-electron chi connectivity index (χ0n) is 12.0. The predicted octanol–water partition coefficient (Wildman–Crippen LogP) is 1.50. The molecule has 6 N–H and O–H groups in total. The second kappa shape index (κ2) is 11.4. The first-order chi connectivity index (χ1) is 10.0. The Morgan fingerprint density at radius 2 is 2.29 bits per heavy atom. The summed E-state index contributed by atoms with van der Waals surface area (Å²) in [5, 5.41) is 14.8. The lowest BCUT2D eigenvalue weighted by atomic mass is 10.1. The number of aliphatic carboxylic acids is 1. The number of carboxylic acids is 1. The van der Waals surface area contributed by atoms with Crippen LogP contribution >= 0.6 is 0 Å². The molecule has 0 saturated carbocycles. The zero-order valence-corrected chi connectivity index (χ0v) is 12.0. The van der Waals surface area contributed by atoms with Gasteiger partial charge in [0.05, 0.1) is 12.6 Å². The Kier molecular flexibility index (Phi) is 10.1. The number of rotatable bonds is 7.